The number of nitrogens with zero attached hydrogens (tertiary/aromatic N) is 4. The van der Waals surface area contributed by atoms with Crippen molar-refractivity contribution in [2.75, 3.05) is 11.9 Å². The lowest BCUT2D eigenvalue weighted by Gasteiger charge is -2.22. The lowest BCUT2D eigenvalue weighted by Crippen LogP contribution is -2.41. The fourth-order valence-electron chi connectivity index (χ4n) is 4.03. The van der Waals surface area contributed by atoms with Crippen LogP contribution >= 0.6 is 23.2 Å². The number of rotatable bonds is 4. The van der Waals surface area contributed by atoms with E-state index in [4.69, 9.17) is 28.9 Å². The third-order valence-electron chi connectivity index (χ3n) is 5.74. The maximum absolute atomic E-state index is 13.0. The van der Waals surface area contributed by atoms with Crippen LogP contribution in [0.25, 0.3) is 21.9 Å². The molecule has 0 spiro atoms. The van der Waals surface area contributed by atoms with Crippen LogP contribution in [0.4, 0.5) is 5.82 Å². The van der Waals surface area contributed by atoms with Crippen LogP contribution in [-0.2, 0) is 0 Å². The molecular formula is C22H21Cl2N7O. The van der Waals surface area contributed by atoms with Crippen LogP contribution in [0.5, 0.6) is 0 Å². The number of hydrogen-bond donors (Lipinski definition) is 3. The summed E-state index contributed by atoms with van der Waals surface area (Å²) >= 11 is 12.6. The lowest BCUT2D eigenvalue weighted by molar-refractivity contribution is 0.0741. The van der Waals surface area contributed by atoms with E-state index in [1.54, 1.807) is 23.1 Å². The zero-order valence-electron chi connectivity index (χ0n) is 17.3. The fraction of sp³-hybridized carbons (Fsp3) is 0.273. The largest absolute Gasteiger partial charge is 0.360 e. The summed E-state index contributed by atoms with van der Waals surface area (Å²) in [5.74, 6) is 1.17. The highest BCUT2D eigenvalue weighted by Gasteiger charge is 2.28. The maximum Gasteiger partial charge on any atom is 0.256 e. The van der Waals surface area contributed by atoms with Gasteiger partial charge in [0.25, 0.3) is 5.91 Å². The van der Waals surface area contributed by atoms with E-state index in [2.05, 4.69) is 25.3 Å². The molecule has 2 aromatic carbocycles. The first-order chi connectivity index (χ1) is 15.4. The standard InChI is InChI=1S/C22H21Cl2N7O/c1-11(20-29-16-5-4-12(23)7-18(16)30-20)28-21-14-8-15(24)13(9-17(14)26-10-27-21)22(32)31-6-2-3-19(31)25/h4-5,7-11,19H,2-3,6,25H2,1H3,(H,29,30)(H,26,27,28)/t11-,19?/m0/s1. The molecule has 10 heteroatoms. The van der Waals surface area contributed by atoms with Gasteiger partial charge in [-0.1, -0.05) is 23.2 Å². The van der Waals surface area contributed by atoms with Crippen molar-refractivity contribution in [3.05, 3.63) is 58.1 Å². The highest BCUT2D eigenvalue weighted by Crippen LogP contribution is 2.31. The van der Waals surface area contributed by atoms with Crippen LogP contribution in [0.2, 0.25) is 10.0 Å². The molecule has 0 saturated carbocycles. The molecule has 0 bridgehead atoms. The van der Waals surface area contributed by atoms with Crippen LogP contribution < -0.4 is 11.1 Å². The third-order valence-corrected chi connectivity index (χ3v) is 6.29. The molecule has 8 nitrogen and oxygen atoms in total. The van der Waals surface area contributed by atoms with Gasteiger partial charge in [0.15, 0.2) is 0 Å². The molecule has 32 heavy (non-hydrogen) atoms. The molecule has 4 aromatic rings. The minimum Gasteiger partial charge on any atom is -0.360 e. The van der Waals surface area contributed by atoms with E-state index in [1.807, 2.05) is 19.1 Å². The van der Waals surface area contributed by atoms with E-state index in [9.17, 15) is 4.79 Å². The monoisotopic (exact) mass is 469 g/mol. The number of benzene rings is 2. The van der Waals surface area contributed by atoms with Crippen molar-refractivity contribution in [3.63, 3.8) is 0 Å². The molecule has 1 aliphatic rings. The Balaban J connectivity index is 1.46. The van der Waals surface area contributed by atoms with Crippen molar-refractivity contribution >= 4 is 56.9 Å². The first-order valence-electron chi connectivity index (χ1n) is 10.3. The van der Waals surface area contributed by atoms with Gasteiger partial charge in [0.05, 0.1) is 39.3 Å². The smallest absolute Gasteiger partial charge is 0.256 e. The van der Waals surface area contributed by atoms with E-state index in [1.165, 1.54) is 6.33 Å². The number of H-pyrrole nitrogens is 1. The average Bonchev–Trinajstić information content (AvgIpc) is 3.39. The van der Waals surface area contributed by atoms with Gasteiger partial charge in [-0.15, -0.1) is 0 Å². The van der Waals surface area contributed by atoms with Gasteiger partial charge in [0.2, 0.25) is 0 Å². The molecule has 2 aromatic heterocycles. The molecule has 5 rings (SSSR count). The summed E-state index contributed by atoms with van der Waals surface area (Å²) in [4.78, 5) is 31.3. The van der Waals surface area contributed by atoms with Crippen molar-refractivity contribution < 1.29 is 4.79 Å². The van der Waals surface area contributed by atoms with Gasteiger partial charge in [-0.3, -0.25) is 4.79 Å². The second-order valence-corrected chi connectivity index (χ2v) is 8.77. The number of carbonyl (C=O) groups excluding carboxylic acids is 1. The number of aromatic amines is 1. The van der Waals surface area contributed by atoms with Crippen LogP contribution in [0.1, 0.15) is 42.0 Å². The SMILES string of the molecule is C[C@H](Nc1ncnc2cc(C(=O)N3CCCC3N)c(Cl)cc12)c1nc2ccc(Cl)cc2[nH]1. The number of likely N-dealkylation sites (tertiary alicyclic amines) is 1. The molecule has 4 N–H and O–H groups in total. The Labute approximate surface area is 194 Å². The van der Waals surface area contributed by atoms with Crippen LogP contribution in [0.15, 0.2) is 36.7 Å². The van der Waals surface area contributed by atoms with Gasteiger partial charge in [-0.2, -0.15) is 0 Å². The predicted octanol–water partition coefficient (Wildman–Crippen LogP) is 4.51. The Bertz CT molecular complexity index is 1340. The Hall–Kier alpha value is -2.94. The second-order valence-electron chi connectivity index (χ2n) is 7.93. The third kappa shape index (κ3) is 3.74. The molecule has 3 heterocycles. The van der Waals surface area contributed by atoms with Crippen LogP contribution in [0, 0.1) is 0 Å². The first kappa shape index (κ1) is 20.9. The Morgan fingerprint density at radius 1 is 1.25 bits per heavy atom. The number of nitrogens with two attached hydrogens (primary N) is 1. The number of fused-ring (bicyclic) bond motifs is 2. The van der Waals surface area contributed by atoms with Crippen LogP contribution in [-0.4, -0.2) is 43.5 Å². The number of hydrogen-bond acceptors (Lipinski definition) is 6. The predicted molar refractivity (Wildman–Crippen MR) is 126 cm³/mol. The van der Waals surface area contributed by atoms with Crippen molar-refractivity contribution in [3.8, 4) is 0 Å². The summed E-state index contributed by atoms with van der Waals surface area (Å²) in [6.45, 7) is 2.60. The number of anilines is 1. The number of imidazole rings is 1. The van der Waals surface area contributed by atoms with Gasteiger partial charge in [-0.25, -0.2) is 15.0 Å². The molecule has 1 fully saturated rings. The molecular weight excluding hydrogens is 449 g/mol. The van der Waals surface area contributed by atoms with E-state index in [0.29, 0.717) is 38.9 Å². The van der Waals surface area contributed by atoms with Crippen LogP contribution in [0.3, 0.4) is 0 Å². The molecule has 1 amide bonds. The zero-order chi connectivity index (χ0) is 22.4. The summed E-state index contributed by atoms with van der Waals surface area (Å²) in [6, 6.07) is 8.76. The van der Waals surface area contributed by atoms with Gasteiger partial charge in [0.1, 0.15) is 18.0 Å². The van der Waals surface area contributed by atoms with Crippen molar-refractivity contribution in [2.45, 2.75) is 32.0 Å². The highest BCUT2D eigenvalue weighted by atomic mass is 35.5. The summed E-state index contributed by atoms with van der Waals surface area (Å²) in [5, 5.41) is 5.06. The number of nitrogens with one attached hydrogen (secondary N) is 2. The van der Waals surface area contributed by atoms with Crippen molar-refractivity contribution in [1.82, 2.24) is 24.8 Å². The summed E-state index contributed by atoms with van der Waals surface area (Å²) in [5.41, 5.74) is 8.76. The van der Waals surface area contributed by atoms with Gasteiger partial charge in [-0.05, 0) is 50.1 Å². The van der Waals surface area contributed by atoms with Crippen molar-refractivity contribution in [1.29, 1.82) is 0 Å². The molecule has 1 aliphatic heterocycles. The fourth-order valence-corrected chi connectivity index (χ4v) is 4.45. The van der Waals surface area contributed by atoms with E-state index >= 15 is 0 Å². The van der Waals surface area contributed by atoms with Gasteiger partial charge in [0, 0.05) is 17.0 Å². The first-order valence-corrected chi connectivity index (χ1v) is 11.1. The Morgan fingerprint density at radius 2 is 2.09 bits per heavy atom. The average molecular weight is 470 g/mol. The molecule has 0 radical (unpaired) electrons. The van der Waals surface area contributed by atoms with E-state index in [-0.39, 0.29) is 18.1 Å². The van der Waals surface area contributed by atoms with Gasteiger partial charge < -0.3 is 20.9 Å². The quantitative estimate of drug-likeness (QED) is 0.405. The number of halogens is 2. The molecule has 164 valence electrons. The zero-order valence-corrected chi connectivity index (χ0v) is 18.8. The van der Waals surface area contributed by atoms with Crippen molar-refractivity contribution in [2.24, 2.45) is 5.73 Å². The Kier molecular flexibility index (Phi) is 5.36. The van der Waals surface area contributed by atoms with E-state index < -0.39 is 0 Å². The lowest BCUT2D eigenvalue weighted by atomic mass is 10.1. The maximum atomic E-state index is 13.0. The number of amides is 1. The summed E-state index contributed by atoms with van der Waals surface area (Å²) < 4.78 is 0. The minimum atomic E-state index is -0.281. The molecule has 0 aliphatic carbocycles. The summed E-state index contributed by atoms with van der Waals surface area (Å²) in [7, 11) is 0. The second kappa shape index (κ2) is 8.20. The molecule has 1 saturated heterocycles. The molecule has 1 unspecified atom stereocenters. The normalized spacial score (nSPS) is 17.2. The minimum absolute atomic E-state index is 0.177. The topological polar surface area (TPSA) is 113 Å². The van der Waals surface area contributed by atoms with Gasteiger partial charge >= 0.3 is 0 Å². The Morgan fingerprint density at radius 3 is 2.88 bits per heavy atom. The van der Waals surface area contributed by atoms with E-state index in [0.717, 1.165) is 29.7 Å². The number of carbonyl (C=O) groups is 1. The number of aromatic nitrogens is 4. The summed E-state index contributed by atoms with van der Waals surface area (Å²) in [6.07, 6.45) is 2.86. The highest BCUT2D eigenvalue weighted by molar-refractivity contribution is 6.35. The molecule has 2 atom stereocenters.